The van der Waals surface area contributed by atoms with E-state index in [1.807, 2.05) is 48.5 Å². The Morgan fingerprint density at radius 1 is 0.710 bits per heavy atom. The number of unbranched alkanes of at least 4 members (excludes halogenated alkanes) is 4. The van der Waals surface area contributed by atoms with E-state index in [0.717, 1.165) is 36.0 Å². The predicted octanol–water partition coefficient (Wildman–Crippen LogP) is 8.11. The molecular weight excluding hydrogens is 401 g/mol. The molecule has 3 aromatic carbocycles. The number of ether oxygens (including phenoxy) is 2. The molecule has 0 radical (unpaired) electrons. The first kappa shape index (κ1) is 22.7. The Hall–Kier alpha value is -2.95. The molecular formula is C26H27F3O2. The molecule has 0 aliphatic heterocycles. The summed E-state index contributed by atoms with van der Waals surface area (Å²) in [6.45, 7) is -0.0490. The first-order chi connectivity index (χ1) is 15.1. The van der Waals surface area contributed by atoms with Gasteiger partial charge in [0.25, 0.3) is 0 Å². The fourth-order valence-corrected chi connectivity index (χ4v) is 3.39. The predicted molar refractivity (Wildman–Crippen MR) is 118 cm³/mol. The zero-order valence-corrected chi connectivity index (χ0v) is 17.6. The molecule has 0 amide bonds. The Morgan fingerprint density at radius 2 is 1.29 bits per heavy atom. The highest BCUT2D eigenvalue weighted by Gasteiger charge is 2.10. The lowest BCUT2D eigenvalue weighted by Gasteiger charge is -2.10. The molecule has 3 aromatic rings. The van der Waals surface area contributed by atoms with Crippen molar-refractivity contribution in [2.24, 2.45) is 0 Å². The van der Waals surface area contributed by atoms with Crippen molar-refractivity contribution in [1.29, 1.82) is 0 Å². The molecule has 0 N–H and O–H groups in total. The SMILES string of the molecule is CCCCCCCOc1ccc(-c2ccc(-c3ccc(OC(F)F)cc3F)cc2)cc1. The van der Waals surface area contributed by atoms with Crippen LogP contribution in [0, 0.1) is 5.82 Å². The summed E-state index contributed by atoms with van der Waals surface area (Å²) in [7, 11) is 0. The van der Waals surface area contributed by atoms with E-state index in [4.69, 9.17) is 4.74 Å². The lowest BCUT2D eigenvalue weighted by atomic mass is 10.00. The largest absolute Gasteiger partial charge is 0.494 e. The van der Waals surface area contributed by atoms with Crippen LogP contribution >= 0.6 is 0 Å². The molecule has 0 unspecified atom stereocenters. The van der Waals surface area contributed by atoms with Crippen LogP contribution in [0.1, 0.15) is 39.0 Å². The second-order valence-electron chi connectivity index (χ2n) is 7.38. The molecule has 0 saturated carbocycles. The standard InChI is InChI=1S/C26H27F3O2/c1-2-3-4-5-6-17-30-22-13-11-20(12-14-22)19-7-9-21(10-8-19)24-16-15-23(18-25(24)27)31-26(28)29/h7-16,18,26H,2-6,17H2,1H3. The summed E-state index contributed by atoms with van der Waals surface area (Å²) in [5.41, 5.74) is 3.01. The zero-order chi connectivity index (χ0) is 22.1. The summed E-state index contributed by atoms with van der Waals surface area (Å²) in [6.07, 6.45) is 6.03. The number of hydrogen-bond donors (Lipinski definition) is 0. The van der Waals surface area contributed by atoms with Crippen molar-refractivity contribution in [2.75, 3.05) is 6.61 Å². The average Bonchev–Trinajstić information content (AvgIpc) is 2.76. The van der Waals surface area contributed by atoms with E-state index in [-0.39, 0.29) is 5.75 Å². The van der Waals surface area contributed by atoms with Crippen molar-refractivity contribution in [2.45, 2.75) is 45.6 Å². The fourth-order valence-electron chi connectivity index (χ4n) is 3.39. The summed E-state index contributed by atoms with van der Waals surface area (Å²) < 4.78 is 48.9. The summed E-state index contributed by atoms with van der Waals surface area (Å²) in [5, 5.41) is 0. The normalized spacial score (nSPS) is 11.0. The lowest BCUT2D eigenvalue weighted by Crippen LogP contribution is -2.02. The average molecular weight is 428 g/mol. The van der Waals surface area contributed by atoms with Gasteiger partial charge in [-0.25, -0.2) is 4.39 Å². The summed E-state index contributed by atoms with van der Waals surface area (Å²) in [4.78, 5) is 0. The van der Waals surface area contributed by atoms with E-state index < -0.39 is 12.4 Å². The van der Waals surface area contributed by atoms with E-state index in [2.05, 4.69) is 11.7 Å². The fraction of sp³-hybridized carbons (Fsp3) is 0.308. The van der Waals surface area contributed by atoms with Gasteiger partial charge in [0.2, 0.25) is 0 Å². The van der Waals surface area contributed by atoms with Crippen LogP contribution in [0.5, 0.6) is 11.5 Å². The zero-order valence-electron chi connectivity index (χ0n) is 17.6. The maximum Gasteiger partial charge on any atom is 0.387 e. The van der Waals surface area contributed by atoms with Gasteiger partial charge in [-0.2, -0.15) is 8.78 Å². The minimum atomic E-state index is -2.98. The molecule has 0 atom stereocenters. The van der Waals surface area contributed by atoms with Crippen molar-refractivity contribution in [3.63, 3.8) is 0 Å². The van der Waals surface area contributed by atoms with Crippen molar-refractivity contribution in [3.05, 3.63) is 72.5 Å². The molecule has 0 heterocycles. The highest BCUT2D eigenvalue weighted by Crippen LogP contribution is 2.30. The van der Waals surface area contributed by atoms with E-state index >= 15 is 0 Å². The van der Waals surface area contributed by atoms with E-state index in [0.29, 0.717) is 11.1 Å². The number of benzene rings is 3. The smallest absolute Gasteiger partial charge is 0.387 e. The summed E-state index contributed by atoms with van der Waals surface area (Å²) in [5.74, 6) is 0.0438. The Balaban J connectivity index is 1.60. The molecule has 0 aliphatic rings. The van der Waals surface area contributed by atoms with Crippen LogP contribution in [0.15, 0.2) is 66.7 Å². The Morgan fingerprint density at radius 3 is 1.90 bits per heavy atom. The van der Waals surface area contributed by atoms with Crippen LogP contribution in [0.25, 0.3) is 22.3 Å². The third-order valence-electron chi connectivity index (χ3n) is 5.07. The van der Waals surface area contributed by atoms with E-state index in [1.165, 1.54) is 37.8 Å². The second-order valence-corrected chi connectivity index (χ2v) is 7.38. The molecule has 0 aromatic heterocycles. The van der Waals surface area contributed by atoms with Crippen LogP contribution in [0.3, 0.4) is 0 Å². The van der Waals surface area contributed by atoms with Crippen molar-refractivity contribution in [3.8, 4) is 33.8 Å². The lowest BCUT2D eigenvalue weighted by molar-refractivity contribution is -0.0499. The maximum absolute atomic E-state index is 14.3. The van der Waals surface area contributed by atoms with Crippen molar-refractivity contribution >= 4 is 0 Å². The van der Waals surface area contributed by atoms with Crippen LogP contribution in [0.2, 0.25) is 0 Å². The molecule has 0 fully saturated rings. The van der Waals surface area contributed by atoms with Gasteiger partial charge >= 0.3 is 6.61 Å². The van der Waals surface area contributed by atoms with Crippen LogP contribution in [-0.4, -0.2) is 13.2 Å². The Bertz CT molecular complexity index is 938. The molecule has 31 heavy (non-hydrogen) atoms. The highest BCUT2D eigenvalue weighted by atomic mass is 19.3. The van der Waals surface area contributed by atoms with Gasteiger partial charge < -0.3 is 9.47 Å². The van der Waals surface area contributed by atoms with Gasteiger partial charge in [0.15, 0.2) is 0 Å². The molecule has 0 aliphatic carbocycles. The van der Waals surface area contributed by atoms with Crippen LogP contribution in [0.4, 0.5) is 13.2 Å². The number of alkyl halides is 2. The van der Waals surface area contributed by atoms with Gasteiger partial charge in [-0.15, -0.1) is 0 Å². The number of halogens is 3. The maximum atomic E-state index is 14.3. The number of rotatable bonds is 11. The molecule has 3 rings (SSSR count). The van der Waals surface area contributed by atoms with Gasteiger partial charge in [0.05, 0.1) is 6.61 Å². The Kier molecular flexibility index (Phi) is 8.39. The van der Waals surface area contributed by atoms with E-state index in [1.54, 1.807) is 0 Å². The first-order valence-electron chi connectivity index (χ1n) is 10.6. The third kappa shape index (κ3) is 6.78. The minimum Gasteiger partial charge on any atom is -0.494 e. The molecule has 0 saturated heterocycles. The molecule has 164 valence electrons. The third-order valence-corrected chi connectivity index (χ3v) is 5.07. The first-order valence-corrected chi connectivity index (χ1v) is 10.6. The highest BCUT2D eigenvalue weighted by molar-refractivity contribution is 5.71. The van der Waals surface area contributed by atoms with E-state index in [9.17, 15) is 13.2 Å². The molecule has 5 heteroatoms. The molecule has 0 spiro atoms. The van der Waals surface area contributed by atoms with Gasteiger partial charge in [-0.1, -0.05) is 69.0 Å². The quantitative estimate of drug-likeness (QED) is 0.287. The van der Waals surface area contributed by atoms with Gasteiger partial charge in [-0.3, -0.25) is 0 Å². The molecule has 2 nitrogen and oxygen atoms in total. The summed E-state index contributed by atoms with van der Waals surface area (Å²) >= 11 is 0. The van der Waals surface area contributed by atoms with Gasteiger partial charge in [-0.05, 0) is 47.4 Å². The van der Waals surface area contributed by atoms with Gasteiger partial charge in [0, 0.05) is 11.6 Å². The topological polar surface area (TPSA) is 18.5 Å². The monoisotopic (exact) mass is 428 g/mol. The minimum absolute atomic E-state index is 0.198. The van der Waals surface area contributed by atoms with Crippen LogP contribution in [-0.2, 0) is 0 Å². The van der Waals surface area contributed by atoms with Crippen molar-refractivity contribution < 1.29 is 22.6 Å². The Labute approximate surface area is 181 Å². The van der Waals surface area contributed by atoms with Gasteiger partial charge in [0.1, 0.15) is 17.3 Å². The number of hydrogen-bond acceptors (Lipinski definition) is 2. The van der Waals surface area contributed by atoms with Crippen LogP contribution < -0.4 is 9.47 Å². The second kappa shape index (κ2) is 11.4. The summed E-state index contributed by atoms with van der Waals surface area (Å²) in [6, 6.07) is 19.1. The molecule has 0 bridgehead atoms. The van der Waals surface area contributed by atoms with Crippen molar-refractivity contribution in [1.82, 2.24) is 0 Å².